The molecule has 1 amide bonds. The van der Waals surface area contributed by atoms with Crippen LogP contribution in [0, 0.1) is 5.92 Å². The smallest absolute Gasteiger partial charge is 0.302 e. The summed E-state index contributed by atoms with van der Waals surface area (Å²) in [6.07, 6.45) is 0.152. The molecule has 0 aromatic carbocycles. The summed E-state index contributed by atoms with van der Waals surface area (Å²) >= 11 is 1.93. The van der Waals surface area contributed by atoms with Crippen molar-refractivity contribution < 1.29 is 17.1 Å². The Morgan fingerprint density at radius 2 is 1.95 bits per heavy atom. The van der Waals surface area contributed by atoms with E-state index in [-0.39, 0.29) is 18.2 Å². The van der Waals surface area contributed by atoms with Crippen molar-refractivity contribution in [1.29, 1.82) is 0 Å². The van der Waals surface area contributed by atoms with E-state index < -0.39 is 16.0 Å². The van der Waals surface area contributed by atoms with Gasteiger partial charge in [0.25, 0.3) is 0 Å². The van der Waals surface area contributed by atoms with Gasteiger partial charge in [-0.2, -0.15) is 20.2 Å². The van der Waals surface area contributed by atoms with Gasteiger partial charge in [0.05, 0.1) is 5.75 Å². The summed E-state index contributed by atoms with van der Waals surface area (Å²) in [5.41, 5.74) is 0. The van der Waals surface area contributed by atoms with Crippen LogP contribution in [0.5, 0.6) is 0 Å². The number of hydrogen-bond acceptors (Lipinski definition) is 5. The standard InChI is InChI=1S/C11H19FN2O3S2/c12-19(16,17)9-10-7-11(15)14(8-10)2-1-13-3-5-18-6-4-13/h10H,1-9H2. The number of hydrogen-bond donors (Lipinski definition) is 0. The van der Waals surface area contributed by atoms with Crippen LogP contribution in [0.2, 0.25) is 0 Å². The Morgan fingerprint density at radius 1 is 1.26 bits per heavy atom. The Kier molecular flexibility index (Phi) is 5.08. The van der Waals surface area contributed by atoms with Crippen LogP contribution in [0.4, 0.5) is 3.89 Å². The molecule has 2 fully saturated rings. The zero-order valence-corrected chi connectivity index (χ0v) is 12.4. The minimum atomic E-state index is -4.48. The van der Waals surface area contributed by atoms with E-state index in [0.717, 1.165) is 31.1 Å². The van der Waals surface area contributed by atoms with E-state index in [9.17, 15) is 17.1 Å². The molecule has 2 rings (SSSR count). The molecule has 0 bridgehead atoms. The molecule has 0 N–H and O–H groups in total. The molecule has 2 heterocycles. The quantitative estimate of drug-likeness (QED) is 0.678. The van der Waals surface area contributed by atoms with Crippen molar-refractivity contribution in [1.82, 2.24) is 9.80 Å². The van der Waals surface area contributed by atoms with Gasteiger partial charge < -0.3 is 4.90 Å². The zero-order chi connectivity index (χ0) is 13.9. The van der Waals surface area contributed by atoms with E-state index in [0.29, 0.717) is 13.1 Å². The van der Waals surface area contributed by atoms with Gasteiger partial charge in [-0.05, 0) is 0 Å². The van der Waals surface area contributed by atoms with Crippen molar-refractivity contribution in [2.45, 2.75) is 6.42 Å². The monoisotopic (exact) mass is 310 g/mol. The normalized spacial score (nSPS) is 26.1. The molecule has 8 heteroatoms. The van der Waals surface area contributed by atoms with Gasteiger partial charge in [0, 0.05) is 56.6 Å². The van der Waals surface area contributed by atoms with Crippen molar-refractivity contribution in [3.8, 4) is 0 Å². The van der Waals surface area contributed by atoms with Gasteiger partial charge in [-0.25, -0.2) is 0 Å². The lowest BCUT2D eigenvalue weighted by Gasteiger charge is -2.28. The average Bonchev–Trinajstić information content (AvgIpc) is 2.66. The lowest BCUT2D eigenvalue weighted by Crippen LogP contribution is -2.40. The van der Waals surface area contributed by atoms with Gasteiger partial charge in [0.15, 0.2) is 0 Å². The van der Waals surface area contributed by atoms with E-state index >= 15 is 0 Å². The van der Waals surface area contributed by atoms with Gasteiger partial charge in [0.1, 0.15) is 0 Å². The first-order chi connectivity index (χ1) is 8.94. The van der Waals surface area contributed by atoms with Gasteiger partial charge in [-0.1, -0.05) is 0 Å². The third-order valence-corrected chi connectivity index (χ3v) is 5.33. The first-order valence-corrected chi connectivity index (χ1v) is 9.15. The second kappa shape index (κ2) is 6.41. The second-order valence-corrected chi connectivity index (χ2v) is 7.71. The molecule has 110 valence electrons. The highest BCUT2D eigenvalue weighted by Crippen LogP contribution is 2.20. The number of halogens is 1. The number of amides is 1. The molecule has 0 radical (unpaired) electrons. The van der Waals surface area contributed by atoms with Crippen molar-refractivity contribution in [2.24, 2.45) is 5.92 Å². The summed E-state index contributed by atoms with van der Waals surface area (Å²) in [6.45, 7) is 3.88. The molecule has 2 saturated heterocycles. The largest absolute Gasteiger partial charge is 0.341 e. The number of likely N-dealkylation sites (tertiary alicyclic amines) is 1. The molecule has 1 atom stereocenters. The molecule has 19 heavy (non-hydrogen) atoms. The zero-order valence-electron chi connectivity index (χ0n) is 10.8. The third kappa shape index (κ3) is 4.92. The fourth-order valence-electron chi connectivity index (χ4n) is 2.55. The van der Waals surface area contributed by atoms with E-state index in [4.69, 9.17) is 0 Å². The van der Waals surface area contributed by atoms with Gasteiger partial charge in [0.2, 0.25) is 5.91 Å². The highest BCUT2D eigenvalue weighted by atomic mass is 32.3. The van der Waals surface area contributed by atoms with Crippen molar-refractivity contribution in [2.75, 3.05) is 50.0 Å². The van der Waals surface area contributed by atoms with Gasteiger partial charge >= 0.3 is 10.2 Å². The van der Waals surface area contributed by atoms with Crippen LogP contribution in [0.25, 0.3) is 0 Å². The van der Waals surface area contributed by atoms with Crippen LogP contribution in [0.15, 0.2) is 0 Å². The molecule has 2 aliphatic heterocycles. The van der Waals surface area contributed by atoms with Crippen LogP contribution in [0.1, 0.15) is 6.42 Å². The van der Waals surface area contributed by atoms with Crippen LogP contribution < -0.4 is 0 Å². The highest BCUT2D eigenvalue weighted by molar-refractivity contribution is 7.99. The molecule has 1 unspecified atom stereocenters. The maximum absolute atomic E-state index is 12.6. The molecule has 0 aromatic rings. The van der Waals surface area contributed by atoms with Crippen LogP contribution in [0.3, 0.4) is 0 Å². The van der Waals surface area contributed by atoms with E-state index in [1.165, 1.54) is 0 Å². The average molecular weight is 310 g/mol. The summed E-state index contributed by atoms with van der Waals surface area (Å²) in [6, 6.07) is 0. The van der Waals surface area contributed by atoms with Crippen molar-refractivity contribution in [3.63, 3.8) is 0 Å². The van der Waals surface area contributed by atoms with E-state index in [1.807, 2.05) is 11.8 Å². The van der Waals surface area contributed by atoms with Gasteiger partial charge in [-0.15, -0.1) is 3.89 Å². The lowest BCUT2D eigenvalue weighted by atomic mass is 10.1. The molecule has 5 nitrogen and oxygen atoms in total. The van der Waals surface area contributed by atoms with Crippen molar-refractivity contribution in [3.05, 3.63) is 0 Å². The third-order valence-electron chi connectivity index (χ3n) is 3.52. The summed E-state index contributed by atoms with van der Waals surface area (Å²) in [7, 11) is -4.48. The Morgan fingerprint density at radius 3 is 2.58 bits per heavy atom. The maximum atomic E-state index is 12.6. The SMILES string of the molecule is O=C1CC(CS(=O)(=O)F)CN1CCN1CCSCC1. The Bertz CT molecular complexity index is 424. The Hall–Kier alpha value is -0.340. The first-order valence-electron chi connectivity index (χ1n) is 6.44. The molecule has 0 aliphatic carbocycles. The van der Waals surface area contributed by atoms with Crippen LogP contribution in [-0.2, 0) is 15.0 Å². The first kappa shape index (κ1) is 15.1. The Labute approximate surface area is 117 Å². The summed E-state index contributed by atoms with van der Waals surface area (Å²) in [5.74, 6) is 1.27. The minimum Gasteiger partial charge on any atom is -0.341 e. The molecule has 0 spiro atoms. The van der Waals surface area contributed by atoms with Crippen molar-refractivity contribution >= 4 is 27.9 Å². The minimum absolute atomic E-state index is 0.0555. The number of carbonyl (C=O) groups excluding carboxylic acids is 1. The summed E-state index contributed by atoms with van der Waals surface area (Å²) in [5, 5.41) is 0. The topological polar surface area (TPSA) is 57.7 Å². The lowest BCUT2D eigenvalue weighted by molar-refractivity contribution is -0.127. The second-order valence-electron chi connectivity index (χ2n) is 5.07. The molecule has 2 aliphatic rings. The number of carbonyl (C=O) groups is 1. The molecule has 0 aromatic heterocycles. The number of thioether (sulfide) groups is 1. The summed E-state index contributed by atoms with van der Waals surface area (Å²) < 4.78 is 33.8. The van der Waals surface area contributed by atoms with Gasteiger partial charge in [-0.3, -0.25) is 9.69 Å². The molecular formula is C11H19FN2O3S2. The number of nitrogens with zero attached hydrogens (tertiary/aromatic N) is 2. The molecule has 0 saturated carbocycles. The maximum Gasteiger partial charge on any atom is 0.302 e. The number of rotatable bonds is 5. The Balaban J connectivity index is 1.76. The fourth-order valence-corrected chi connectivity index (χ4v) is 4.32. The van der Waals surface area contributed by atoms with E-state index in [1.54, 1.807) is 4.90 Å². The summed E-state index contributed by atoms with van der Waals surface area (Å²) in [4.78, 5) is 15.7. The fraction of sp³-hybridized carbons (Fsp3) is 0.909. The van der Waals surface area contributed by atoms with Crippen LogP contribution >= 0.6 is 11.8 Å². The van der Waals surface area contributed by atoms with Crippen LogP contribution in [-0.4, -0.2) is 74.1 Å². The predicted molar refractivity (Wildman–Crippen MR) is 73.3 cm³/mol. The van der Waals surface area contributed by atoms with E-state index in [2.05, 4.69) is 4.90 Å². The predicted octanol–water partition coefficient (Wildman–Crippen LogP) is 0.183. The highest BCUT2D eigenvalue weighted by Gasteiger charge is 2.32. The molecular weight excluding hydrogens is 291 g/mol.